The fourth-order valence-corrected chi connectivity index (χ4v) is 5.80. The summed E-state index contributed by atoms with van der Waals surface area (Å²) in [6, 6.07) is 13.1. The number of hydrogen-bond acceptors (Lipinski definition) is 5. The Kier molecular flexibility index (Phi) is 7.14. The van der Waals surface area contributed by atoms with Gasteiger partial charge in [0.15, 0.2) is 5.88 Å². The highest BCUT2D eigenvalue weighted by Gasteiger charge is 2.34. The van der Waals surface area contributed by atoms with Gasteiger partial charge in [-0.3, -0.25) is 9.69 Å². The van der Waals surface area contributed by atoms with Crippen molar-refractivity contribution in [3.63, 3.8) is 0 Å². The van der Waals surface area contributed by atoms with Gasteiger partial charge in [0.25, 0.3) is 5.91 Å². The summed E-state index contributed by atoms with van der Waals surface area (Å²) in [6.45, 7) is 7.32. The number of nitrogens with one attached hydrogen (secondary N) is 2. The van der Waals surface area contributed by atoms with Gasteiger partial charge in [-0.2, -0.15) is 4.72 Å². The average molecular weight is 515 g/mol. The molecule has 0 spiro atoms. The monoisotopic (exact) mass is 514 g/mol. The van der Waals surface area contributed by atoms with Crippen molar-refractivity contribution in [3.05, 3.63) is 70.2 Å². The van der Waals surface area contributed by atoms with Crippen LogP contribution in [0.3, 0.4) is 0 Å². The van der Waals surface area contributed by atoms with E-state index in [1.807, 2.05) is 25.7 Å². The van der Waals surface area contributed by atoms with E-state index in [-0.39, 0.29) is 28.1 Å². The fourth-order valence-electron chi connectivity index (χ4n) is 4.32. The molecule has 2 aromatic carbocycles. The van der Waals surface area contributed by atoms with Gasteiger partial charge in [0, 0.05) is 16.1 Å². The molecule has 4 rings (SSSR count). The first-order valence-electron chi connectivity index (χ1n) is 11.4. The van der Waals surface area contributed by atoms with E-state index in [0.717, 1.165) is 0 Å². The lowest BCUT2D eigenvalue weighted by Crippen LogP contribution is -2.47. The zero-order valence-corrected chi connectivity index (χ0v) is 21.2. The molecule has 2 heterocycles. The lowest BCUT2D eigenvalue weighted by molar-refractivity contribution is 0.101. The maximum atomic E-state index is 13.2. The smallest absolute Gasteiger partial charge is 0.280 e. The molecule has 1 amide bonds. The van der Waals surface area contributed by atoms with E-state index >= 15 is 0 Å². The van der Waals surface area contributed by atoms with Gasteiger partial charge in [0.05, 0.1) is 33.6 Å². The largest absolute Gasteiger partial charge is 0.494 e. The van der Waals surface area contributed by atoms with Crippen molar-refractivity contribution in [2.24, 2.45) is 4.99 Å². The van der Waals surface area contributed by atoms with Crippen LogP contribution in [0.1, 0.15) is 48.7 Å². The Morgan fingerprint density at radius 3 is 2.37 bits per heavy atom. The summed E-state index contributed by atoms with van der Waals surface area (Å²) < 4.78 is 29.2. The number of nitrogens with zero attached hydrogens (tertiary/aromatic N) is 2. The highest BCUT2D eigenvalue weighted by atomic mass is 35.5. The second-order valence-electron chi connectivity index (χ2n) is 8.17. The summed E-state index contributed by atoms with van der Waals surface area (Å²) in [5.74, 6) is -0.732. The van der Waals surface area contributed by atoms with Crippen LogP contribution in [0.15, 0.2) is 58.4 Å². The van der Waals surface area contributed by atoms with E-state index in [4.69, 9.17) is 11.6 Å². The van der Waals surface area contributed by atoms with Crippen molar-refractivity contribution in [1.82, 2.24) is 14.6 Å². The number of aliphatic imine (C=N–C) groups is 1. The van der Waals surface area contributed by atoms with E-state index < -0.39 is 15.9 Å². The normalized spacial score (nSPS) is 14.3. The van der Waals surface area contributed by atoms with Crippen molar-refractivity contribution >= 4 is 33.2 Å². The third kappa shape index (κ3) is 4.77. The van der Waals surface area contributed by atoms with Crippen LogP contribution in [0.2, 0.25) is 5.02 Å². The van der Waals surface area contributed by atoms with Crippen LogP contribution >= 0.6 is 11.6 Å². The number of carbonyl (C=O) groups excluding carboxylic acids is 1. The summed E-state index contributed by atoms with van der Waals surface area (Å²) in [6.07, 6.45) is 0.270. The van der Waals surface area contributed by atoms with E-state index in [2.05, 4.69) is 14.7 Å². The molecule has 0 saturated carbocycles. The van der Waals surface area contributed by atoms with E-state index in [9.17, 15) is 18.3 Å². The van der Waals surface area contributed by atoms with Crippen LogP contribution in [-0.4, -0.2) is 54.3 Å². The van der Waals surface area contributed by atoms with Gasteiger partial charge >= 0.3 is 0 Å². The molecule has 0 saturated heterocycles. The van der Waals surface area contributed by atoms with Gasteiger partial charge in [-0.05, 0) is 43.8 Å². The number of hydrogen-bond donors (Lipinski definition) is 3. The van der Waals surface area contributed by atoms with Gasteiger partial charge in [-0.1, -0.05) is 56.6 Å². The Morgan fingerprint density at radius 1 is 1.06 bits per heavy atom. The van der Waals surface area contributed by atoms with Crippen LogP contribution in [0.5, 0.6) is 5.88 Å². The van der Waals surface area contributed by atoms with Crippen LogP contribution in [0, 0.1) is 0 Å². The maximum Gasteiger partial charge on any atom is 0.280 e. The molecule has 1 aromatic heterocycles. The quantitative estimate of drug-likeness (QED) is 0.366. The minimum Gasteiger partial charge on any atom is -0.494 e. The lowest BCUT2D eigenvalue weighted by Gasteiger charge is -2.29. The first-order valence-corrected chi connectivity index (χ1v) is 13.3. The molecule has 0 aliphatic carbocycles. The van der Waals surface area contributed by atoms with Gasteiger partial charge in [-0.15, -0.1) is 0 Å². The third-order valence-corrected chi connectivity index (χ3v) is 7.83. The van der Waals surface area contributed by atoms with Gasteiger partial charge in [0.2, 0.25) is 10.0 Å². The summed E-state index contributed by atoms with van der Waals surface area (Å²) >= 11 is 5.97. The number of carbonyl (C=O) groups is 1. The molecule has 0 fully saturated rings. The number of benzene rings is 2. The third-order valence-electron chi connectivity index (χ3n) is 6.13. The SMILES string of the molecule is CCC(NS(=O)(=O)c1cccc(-c2[nH]c(O)c3c2C(=O)N=C3c2ccc(Cl)cc2)c1)N(CC)CC. The van der Waals surface area contributed by atoms with Crippen LogP contribution in [0.25, 0.3) is 11.3 Å². The van der Waals surface area contributed by atoms with Crippen LogP contribution < -0.4 is 4.72 Å². The number of aromatic hydroxyl groups is 1. The number of aromatic nitrogens is 1. The number of aromatic amines is 1. The van der Waals surface area contributed by atoms with Gasteiger partial charge in [0.1, 0.15) is 0 Å². The minimum atomic E-state index is -3.84. The molecule has 3 N–H and O–H groups in total. The van der Waals surface area contributed by atoms with E-state index in [1.54, 1.807) is 36.4 Å². The second kappa shape index (κ2) is 9.94. The number of H-pyrrole nitrogens is 1. The van der Waals surface area contributed by atoms with Crippen molar-refractivity contribution in [2.45, 2.75) is 38.3 Å². The molecular formula is C25H27ClN4O4S. The maximum absolute atomic E-state index is 13.2. The first kappa shape index (κ1) is 25.1. The summed E-state index contributed by atoms with van der Waals surface area (Å²) in [5, 5.41) is 11.2. The number of sulfonamides is 1. The lowest BCUT2D eigenvalue weighted by atomic mass is 10.0. The van der Waals surface area contributed by atoms with Crippen molar-refractivity contribution in [2.75, 3.05) is 13.1 Å². The van der Waals surface area contributed by atoms with Crippen molar-refractivity contribution in [1.29, 1.82) is 0 Å². The zero-order chi connectivity index (χ0) is 25.3. The molecule has 35 heavy (non-hydrogen) atoms. The Balaban J connectivity index is 1.71. The average Bonchev–Trinajstić information content (AvgIpc) is 3.37. The standard InChI is InChI=1S/C25H27ClN4O4S/c1-4-19(30(5-2)6-3)29-35(33,34)18-9-7-8-16(14-18)23-21-20(24(31)28-23)22(27-25(21)32)15-10-12-17(26)13-11-15/h7-14,19,28-29,31H,4-6H2,1-3H3. The number of rotatable bonds is 9. The van der Waals surface area contributed by atoms with Crippen LogP contribution in [-0.2, 0) is 10.0 Å². The molecule has 1 aliphatic rings. The van der Waals surface area contributed by atoms with Crippen LogP contribution in [0.4, 0.5) is 0 Å². The molecule has 3 aromatic rings. The molecule has 1 aliphatic heterocycles. The predicted molar refractivity (Wildman–Crippen MR) is 137 cm³/mol. The Bertz CT molecular complexity index is 1390. The highest BCUT2D eigenvalue weighted by Crippen LogP contribution is 2.38. The number of amides is 1. The highest BCUT2D eigenvalue weighted by molar-refractivity contribution is 7.89. The Hall–Kier alpha value is -2.98. The molecule has 184 valence electrons. The fraction of sp³-hybridized carbons (Fsp3) is 0.280. The molecule has 8 nitrogen and oxygen atoms in total. The van der Waals surface area contributed by atoms with Crippen molar-refractivity contribution < 1.29 is 18.3 Å². The van der Waals surface area contributed by atoms with Gasteiger partial charge < -0.3 is 10.1 Å². The van der Waals surface area contributed by atoms with E-state index in [1.165, 1.54) is 12.1 Å². The first-order chi connectivity index (χ1) is 16.7. The van der Waals surface area contributed by atoms with E-state index in [0.29, 0.717) is 47.1 Å². The molecule has 1 unspecified atom stereocenters. The minimum absolute atomic E-state index is 0.0627. The molecule has 1 atom stereocenters. The number of halogens is 1. The number of fused-ring (bicyclic) bond motifs is 1. The second-order valence-corrected chi connectivity index (χ2v) is 10.3. The molecule has 0 radical (unpaired) electrons. The van der Waals surface area contributed by atoms with Crippen molar-refractivity contribution in [3.8, 4) is 17.1 Å². The molecule has 0 bridgehead atoms. The zero-order valence-electron chi connectivity index (χ0n) is 19.7. The molecule has 10 heteroatoms. The summed E-state index contributed by atoms with van der Waals surface area (Å²) in [7, 11) is -3.84. The predicted octanol–water partition coefficient (Wildman–Crippen LogP) is 4.39. The Morgan fingerprint density at radius 2 is 1.74 bits per heavy atom. The Labute approximate surface area is 209 Å². The van der Waals surface area contributed by atoms with Gasteiger partial charge in [-0.25, -0.2) is 13.4 Å². The summed E-state index contributed by atoms with van der Waals surface area (Å²) in [5.41, 5.74) is 2.20. The molecular weight excluding hydrogens is 488 g/mol. The summed E-state index contributed by atoms with van der Waals surface area (Å²) in [4.78, 5) is 21.9. The topological polar surface area (TPSA) is 115 Å².